The molecule has 5 heteroatoms. The van der Waals surface area contributed by atoms with Crippen molar-refractivity contribution in [2.45, 2.75) is 13.8 Å². The van der Waals surface area contributed by atoms with Crippen molar-refractivity contribution in [2.75, 3.05) is 18.5 Å². The Balaban J connectivity index is 2.33. The Hall–Kier alpha value is -2.82. The molecule has 0 unspecified atom stereocenters. The fourth-order valence-electron chi connectivity index (χ4n) is 2.10. The van der Waals surface area contributed by atoms with Gasteiger partial charge in [-0.05, 0) is 38.1 Å². The average Bonchev–Trinajstić information content (AvgIpc) is 2.56. The zero-order valence-corrected chi connectivity index (χ0v) is 13.2. The number of rotatable bonds is 6. The molecule has 0 bridgehead atoms. The second-order valence-electron chi connectivity index (χ2n) is 4.66. The van der Waals surface area contributed by atoms with Crippen molar-refractivity contribution in [3.63, 3.8) is 0 Å². The van der Waals surface area contributed by atoms with Crippen LogP contribution in [0.25, 0.3) is 0 Å². The quantitative estimate of drug-likeness (QED) is 0.822. The summed E-state index contributed by atoms with van der Waals surface area (Å²) < 4.78 is 10.1. The summed E-state index contributed by atoms with van der Waals surface area (Å²) in [5, 5.41) is 3.12. The number of esters is 2. The molecule has 0 saturated heterocycles. The van der Waals surface area contributed by atoms with Crippen molar-refractivity contribution in [1.29, 1.82) is 0 Å². The molecule has 0 fully saturated rings. The maximum Gasteiger partial charge on any atom is 0.340 e. The van der Waals surface area contributed by atoms with Gasteiger partial charge in [-0.15, -0.1) is 0 Å². The van der Waals surface area contributed by atoms with Crippen LogP contribution < -0.4 is 5.32 Å². The lowest BCUT2D eigenvalue weighted by Crippen LogP contribution is -2.10. The predicted molar refractivity (Wildman–Crippen MR) is 88.1 cm³/mol. The van der Waals surface area contributed by atoms with Crippen LogP contribution in [0, 0.1) is 0 Å². The molecule has 0 aliphatic rings. The molecule has 120 valence electrons. The van der Waals surface area contributed by atoms with Gasteiger partial charge >= 0.3 is 11.9 Å². The highest BCUT2D eigenvalue weighted by Gasteiger charge is 2.16. The lowest BCUT2D eigenvalue weighted by atomic mass is 10.1. The number of hydrogen-bond acceptors (Lipinski definition) is 5. The van der Waals surface area contributed by atoms with E-state index < -0.39 is 11.9 Å². The monoisotopic (exact) mass is 313 g/mol. The molecular weight excluding hydrogens is 294 g/mol. The first-order valence-electron chi connectivity index (χ1n) is 7.46. The van der Waals surface area contributed by atoms with E-state index in [0.717, 1.165) is 0 Å². The average molecular weight is 313 g/mol. The number of ether oxygens (including phenoxy) is 2. The number of carbonyl (C=O) groups is 2. The van der Waals surface area contributed by atoms with Crippen LogP contribution in [0.3, 0.4) is 0 Å². The molecule has 0 saturated carbocycles. The van der Waals surface area contributed by atoms with E-state index in [0.29, 0.717) is 35.7 Å². The third-order valence-corrected chi connectivity index (χ3v) is 3.11. The Bertz CT molecular complexity index is 637. The van der Waals surface area contributed by atoms with Crippen LogP contribution in [0.2, 0.25) is 0 Å². The summed E-state index contributed by atoms with van der Waals surface area (Å²) in [6, 6.07) is 14.0. The normalized spacial score (nSPS) is 10.0. The van der Waals surface area contributed by atoms with Crippen LogP contribution in [0.1, 0.15) is 34.6 Å². The molecule has 5 nitrogen and oxygen atoms in total. The number of para-hydroxylation sites is 2. The van der Waals surface area contributed by atoms with Gasteiger partial charge in [0, 0.05) is 0 Å². The van der Waals surface area contributed by atoms with Gasteiger partial charge in [-0.2, -0.15) is 0 Å². The summed E-state index contributed by atoms with van der Waals surface area (Å²) in [7, 11) is 0. The van der Waals surface area contributed by atoms with E-state index in [-0.39, 0.29) is 0 Å². The first-order valence-corrected chi connectivity index (χ1v) is 7.46. The maximum atomic E-state index is 12.0. The number of hydrogen-bond donors (Lipinski definition) is 1. The zero-order chi connectivity index (χ0) is 16.7. The van der Waals surface area contributed by atoms with Crippen molar-refractivity contribution in [3.05, 3.63) is 59.7 Å². The number of benzene rings is 2. The third kappa shape index (κ3) is 4.10. The van der Waals surface area contributed by atoms with Crippen LogP contribution in [0.5, 0.6) is 0 Å². The molecule has 0 aromatic heterocycles. The second kappa shape index (κ2) is 7.98. The van der Waals surface area contributed by atoms with Crippen LogP contribution in [0.15, 0.2) is 48.5 Å². The van der Waals surface area contributed by atoms with Crippen molar-refractivity contribution < 1.29 is 19.1 Å². The van der Waals surface area contributed by atoms with Gasteiger partial charge in [0.05, 0.1) is 35.7 Å². The molecule has 0 spiro atoms. The Morgan fingerprint density at radius 3 is 1.57 bits per heavy atom. The van der Waals surface area contributed by atoms with Crippen LogP contribution in [-0.2, 0) is 9.47 Å². The summed E-state index contributed by atoms with van der Waals surface area (Å²) in [5.74, 6) is -0.826. The molecule has 0 aliphatic heterocycles. The van der Waals surface area contributed by atoms with E-state index in [2.05, 4.69) is 5.32 Å². The molecule has 23 heavy (non-hydrogen) atoms. The highest BCUT2D eigenvalue weighted by molar-refractivity contribution is 6.00. The molecule has 0 amide bonds. The van der Waals surface area contributed by atoms with E-state index in [9.17, 15) is 9.59 Å². The lowest BCUT2D eigenvalue weighted by molar-refractivity contribution is 0.0519. The van der Waals surface area contributed by atoms with Crippen LogP contribution in [0.4, 0.5) is 11.4 Å². The van der Waals surface area contributed by atoms with Gasteiger partial charge in [-0.1, -0.05) is 24.3 Å². The summed E-state index contributed by atoms with van der Waals surface area (Å²) in [5.41, 5.74) is 1.96. The van der Waals surface area contributed by atoms with E-state index in [1.54, 1.807) is 62.4 Å². The topological polar surface area (TPSA) is 64.6 Å². The molecule has 1 N–H and O–H groups in total. The molecule has 0 atom stereocenters. The van der Waals surface area contributed by atoms with Crippen molar-refractivity contribution in [3.8, 4) is 0 Å². The minimum Gasteiger partial charge on any atom is -0.462 e. The predicted octanol–water partition coefficient (Wildman–Crippen LogP) is 3.78. The molecule has 0 heterocycles. The number of carbonyl (C=O) groups excluding carboxylic acids is 2. The van der Waals surface area contributed by atoms with Crippen LogP contribution in [-0.4, -0.2) is 25.2 Å². The number of anilines is 2. The fraction of sp³-hybridized carbons (Fsp3) is 0.222. The van der Waals surface area contributed by atoms with Gasteiger partial charge in [0.1, 0.15) is 0 Å². The fourth-order valence-corrected chi connectivity index (χ4v) is 2.10. The smallest absolute Gasteiger partial charge is 0.340 e. The molecule has 0 radical (unpaired) electrons. The number of nitrogens with one attached hydrogen (secondary N) is 1. The van der Waals surface area contributed by atoms with Gasteiger partial charge in [-0.3, -0.25) is 0 Å². The third-order valence-electron chi connectivity index (χ3n) is 3.11. The van der Waals surface area contributed by atoms with Gasteiger partial charge in [-0.25, -0.2) is 9.59 Å². The largest absolute Gasteiger partial charge is 0.462 e. The van der Waals surface area contributed by atoms with Crippen molar-refractivity contribution in [1.82, 2.24) is 0 Å². The highest BCUT2D eigenvalue weighted by atomic mass is 16.5. The summed E-state index contributed by atoms with van der Waals surface area (Å²) >= 11 is 0. The van der Waals surface area contributed by atoms with Gasteiger partial charge in [0.15, 0.2) is 0 Å². The summed E-state index contributed by atoms with van der Waals surface area (Å²) in [6.07, 6.45) is 0. The Labute approximate surface area is 135 Å². The van der Waals surface area contributed by atoms with Gasteiger partial charge < -0.3 is 14.8 Å². The van der Waals surface area contributed by atoms with Crippen molar-refractivity contribution in [2.24, 2.45) is 0 Å². The second-order valence-corrected chi connectivity index (χ2v) is 4.66. The van der Waals surface area contributed by atoms with Gasteiger partial charge in [0.25, 0.3) is 0 Å². The summed E-state index contributed by atoms with van der Waals surface area (Å²) in [4.78, 5) is 24.0. The van der Waals surface area contributed by atoms with E-state index in [1.807, 2.05) is 0 Å². The minimum absolute atomic E-state index is 0.298. The van der Waals surface area contributed by atoms with Crippen molar-refractivity contribution >= 4 is 23.3 Å². The van der Waals surface area contributed by atoms with Crippen LogP contribution >= 0.6 is 0 Å². The van der Waals surface area contributed by atoms with E-state index in [4.69, 9.17) is 9.47 Å². The SMILES string of the molecule is CCOC(=O)c1ccccc1Nc1ccccc1C(=O)OCC. The maximum absolute atomic E-state index is 12.0. The summed E-state index contributed by atoms with van der Waals surface area (Å²) in [6.45, 7) is 4.10. The van der Waals surface area contributed by atoms with E-state index >= 15 is 0 Å². The molecule has 2 aromatic rings. The highest BCUT2D eigenvalue weighted by Crippen LogP contribution is 2.25. The van der Waals surface area contributed by atoms with Gasteiger partial charge in [0.2, 0.25) is 0 Å². The lowest BCUT2D eigenvalue weighted by Gasteiger charge is -2.14. The van der Waals surface area contributed by atoms with E-state index in [1.165, 1.54) is 0 Å². The molecule has 2 rings (SSSR count). The Morgan fingerprint density at radius 1 is 0.783 bits per heavy atom. The minimum atomic E-state index is -0.413. The first-order chi connectivity index (χ1) is 11.2. The Kier molecular flexibility index (Phi) is 5.74. The standard InChI is InChI=1S/C18H19NO4/c1-3-22-17(20)13-9-5-7-11-15(13)19-16-12-8-6-10-14(16)18(21)23-4-2/h5-12,19H,3-4H2,1-2H3. The Morgan fingerprint density at radius 2 is 1.17 bits per heavy atom. The zero-order valence-electron chi connectivity index (χ0n) is 13.2. The molecule has 0 aliphatic carbocycles. The molecular formula is C18H19NO4. The first kappa shape index (κ1) is 16.5. The molecule has 2 aromatic carbocycles.